The highest BCUT2D eigenvalue weighted by molar-refractivity contribution is 6.30. The molecule has 0 bridgehead atoms. The van der Waals surface area contributed by atoms with E-state index in [1.165, 1.54) is 18.4 Å². The van der Waals surface area contributed by atoms with E-state index in [0.29, 0.717) is 6.54 Å². The monoisotopic (exact) mass is 384 g/mol. The summed E-state index contributed by atoms with van der Waals surface area (Å²) in [6, 6.07) is 8.33. The molecule has 0 N–H and O–H groups in total. The molecular weight excluding hydrogens is 360 g/mol. The molecule has 2 aliphatic rings. The van der Waals surface area contributed by atoms with Crippen LogP contribution in [0.2, 0.25) is 5.02 Å². The maximum atomic E-state index is 11.6. The van der Waals surface area contributed by atoms with Crippen molar-refractivity contribution >= 4 is 17.5 Å². The van der Waals surface area contributed by atoms with Crippen LogP contribution in [0.1, 0.15) is 54.9 Å². The summed E-state index contributed by atoms with van der Waals surface area (Å²) in [4.78, 5) is 25.6. The minimum atomic E-state index is 0.115. The smallest absolute Gasteiger partial charge is 0.219 e. The molecule has 1 amide bonds. The van der Waals surface area contributed by atoms with Gasteiger partial charge in [0.15, 0.2) is 0 Å². The van der Waals surface area contributed by atoms with Crippen LogP contribution in [0.15, 0.2) is 30.5 Å². The van der Waals surface area contributed by atoms with Gasteiger partial charge >= 0.3 is 0 Å². The van der Waals surface area contributed by atoms with Crippen LogP contribution in [0, 0.1) is 0 Å². The number of rotatable bonds is 3. The first-order valence-electron chi connectivity index (χ1n) is 9.69. The molecule has 0 saturated carbocycles. The lowest BCUT2D eigenvalue weighted by Crippen LogP contribution is -2.36. The lowest BCUT2D eigenvalue weighted by molar-refractivity contribution is -0.129. The Balaban J connectivity index is 1.54. The average Bonchev–Trinajstić information content (AvgIpc) is 2.67. The molecule has 1 fully saturated rings. The number of carbonyl (C=O) groups is 1. The van der Waals surface area contributed by atoms with E-state index in [1.54, 1.807) is 6.92 Å². The van der Waals surface area contributed by atoms with Crippen molar-refractivity contribution in [2.45, 2.75) is 51.7 Å². The first kappa shape index (κ1) is 18.4. The van der Waals surface area contributed by atoms with Crippen molar-refractivity contribution in [3.8, 4) is 0 Å². The van der Waals surface area contributed by atoms with Gasteiger partial charge in [-0.1, -0.05) is 30.2 Å². The fraction of sp³-hybridized carbons (Fsp3) is 0.476. The van der Waals surface area contributed by atoms with Crippen LogP contribution in [-0.4, -0.2) is 38.8 Å². The van der Waals surface area contributed by atoms with Crippen molar-refractivity contribution in [1.29, 1.82) is 0 Å². The van der Waals surface area contributed by atoms with Gasteiger partial charge in [-0.3, -0.25) is 9.69 Å². The van der Waals surface area contributed by atoms with E-state index in [2.05, 4.69) is 11.0 Å². The number of amides is 1. The third-order valence-electron chi connectivity index (χ3n) is 5.58. The summed E-state index contributed by atoms with van der Waals surface area (Å²) < 4.78 is 0. The van der Waals surface area contributed by atoms with Crippen molar-refractivity contribution in [3.05, 3.63) is 58.1 Å². The van der Waals surface area contributed by atoms with E-state index in [4.69, 9.17) is 21.6 Å². The van der Waals surface area contributed by atoms with Gasteiger partial charge in [-0.25, -0.2) is 9.97 Å². The van der Waals surface area contributed by atoms with Crippen molar-refractivity contribution in [2.24, 2.45) is 0 Å². The normalized spacial score (nSPS) is 20.4. The van der Waals surface area contributed by atoms with Gasteiger partial charge in [0.1, 0.15) is 5.82 Å². The average molecular weight is 385 g/mol. The Hall–Kier alpha value is -1.98. The Morgan fingerprint density at radius 2 is 2.19 bits per heavy atom. The molecule has 3 heterocycles. The summed E-state index contributed by atoms with van der Waals surface area (Å²) in [6.07, 6.45) is 6.23. The Morgan fingerprint density at radius 3 is 3.00 bits per heavy atom. The molecule has 0 radical (unpaired) electrons. The number of nitrogens with zero attached hydrogens (tertiary/aromatic N) is 4. The predicted octanol–water partition coefficient (Wildman–Crippen LogP) is 3.76. The zero-order valence-electron chi connectivity index (χ0n) is 15.7. The number of likely N-dealkylation sites (tertiary alicyclic amines) is 1. The first-order valence-corrected chi connectivity index (χ1v) is 10.1. The Bertz CT molecular complexity index is 841. The van der Waals surface area contributed by atoms with Crippen LogP contribution in [-0.2, 0) is 24.3 Å². The number of piperidine rings is 1. The van der Waals surface area contributed by atoms with E-state index in [1.807, 2.05) is 29.3 Å². The number of carbonyl (C=O) groups excluding carboxylic acids is 1. The summed E-state index contributed by atoms with van der Waals surface area (Å²) in [5.74, 6) is 1.04. The van der Waals surface area contributed by atoms with Crippen LogP contribution >= 0.6 is 11.6 Å². The molecule has 6 heteroatoms. The van der Waals surface area contributed by atoms with Gasteiger partial charge in [-0.2, -0.15) is 0 Å². The highest BCUT2D eigenvalue weighted by Gasteiger charge is 2.28. The van der Waals surface area contributed by atoms with Crippen LogP contribution in [0.3, 0.4) is 0 Å². The van der Waals surface area contributed by atoms with E-state index in [9.17, 15) is 4.79 Å². The SMILES string of the molecule is CC(=O)N1CCc2nc([C@@H]3CCCCN3Cc3cccc(Cl)c3)ncc2C1. The van der Waals surface area contributed by atoms with Gasteiger partial charge in [0.05, 0.1) is 11.7 Å². The lowest BCUT2D eigenvalue weighted by atomic mass is 9.99. The van der Waals surface area contributed by atoms with E-state index in [0.717, 1.165) is 54.6 Å². The molecule has 0 spiro atoms. The van der Waals surface area contributed by atoms with E-state index < -0.39 is 0 Å². The zero-order chi connectivity index (χ0) is 18.8. The fourth-order valence-electron chi connectivity index (χ4n) is 4.10. The summed E-state index contributed by atoms with van der Waals surface area (Å²) in [5, 5.41) is 0.779. The Morgan fingerprint density at radius 1 is 1.30 bits per heavy atom. The molecule has 1 aromatic carbocycles. The molecule has 1 atom stereocenters. The molecule has 4 rings (SSSR count). The third-order valence-corrected chi connectivity index (χ3v) is 5.82. The van der Waals surface area contributed by atoms with Gasteiger partial charge in [-0.15, -0.1) is 0 Å². The minimum Gasteiger partial charge on any atom is -0.338 e. The first-order chi connectivity index (χ1) is 13.1. The van der Waals surface area contributed by atoms with Crippen molar-refractivity contribution < 1.29 is 4.79 Å². The van der Waals surface area contributed by atoms with E-state index in [-0.39, 0.29) is 11.9 Å². The maximum Gasteiger partial charge on any atom is 0.219 e. The van der Waals surface area contributed by atoms with Crippen molar-refractivity contribution in [3.63, 3.8) is 0 Å². The quantitative estimate of drug-likeness (QED) is 0.808. The second-order valence-electron chi connectivity index (χ2n) is 7.50. The number of fused-ring (bicyclic) bond motifs is 1. The molecule has 142 valence electrons. The predicted molar refractivity (Wildman–Crippen MR) is 105 cm³/mol. The molecule has 2 aliphatic heterocycles. The second kappa shape index (κ2) is 7.95. The molecule has 27 heavy (non-hydrogen) atoms. The third kappa shape index (κ3) is 4.14. The lowest BCUT2D eigenvalue weighted by Gasteiger charge is -2.35. The van der Waals surface area contributed by atoms with E-state index >= 15 is 0 Å². The maximum absolute atomic E-state index is 11.6. The summed E-state index contributed by atoms with van der Waals surface area (Å²) in [5.41, 5.74) is 3.41. The molecule has 0 aliphatic carbocycles. The van der Waals surface area contributed by atoms with Crippen molar-refractivity contribution in [1.82, 2.24) is 19.8 Å². The Labute approximate surface area is 165 Å². The van der Waals surface area contributed by atoms with Crippen LogP contribution < -0.4 is 0 Å². The number of aromatic nitrogens is 2. The zero-order valence-corrected chi connectivity index (χ0v) is 16.5. The van der Waals surface area contributed by atoms with Crippen LogP contribution in [0.25, 0.3) is 0 Å². The molecule has 0 unspecified atom stereocenters. The minimum absolute atomic E-state index is 0.115. The highest BCUT2D eigenvalue weighted by atomic mass is 35.5. The molecule has 1 aromatic heterocycles. The number of hydrogen-bond donors (Lipinski definition) is 0. The summed E-state index contributed by atoms with van der Waals surface area (Å²) in [6.45, 7) is 4.91. The molecule has 5 nitrogen and oxygen atoms in total. The highest BCUT2D eigenvalue weighted by Crippen LogP contribution is 2.31. The molecular formula is C21H25ClN4O. The van der Waals surface area contributed by atoms with Crippen LogP contribution in [0.5, 0.6) is 0 Å². The largest absolute Gasteiger partial charge is 0.338 e. The van der Waals surface area contributed by atoms with Gasteiger partial charge in [0.25, 0.3) is 0 Å². The number of hydrogen-bond acceptors (Lipinski definition) is 4. The second-order valence-corrected chi connectivity index (χ2v) is 7.94. The number of benzene rings is 1. The van der Waals surface area contributed by atoms with Gasteiger partial charge < -0.3 is 4.90 Å². The van der Waals surface area contributed by atoms with Crippen molar-refractivity contribution in [2.75, 3.05) is 13.1 Å². The summed E-state index contributed by atoms with van der Waals surface area (Å²) in [7, 11) is 0. The van der Waals surface area contributed by atoms with Gasteiger partial charge in [0, 0.05) is 49.8 Å². The topological polar surface area (TPSA) is 49.3 Å². The van der Waals surface area contributed by atoms with Gasteiger partial charge in [-0.05, 0) is 37.1 Å². The fourth-order valence-corrected chi connectivity index (χ4v) is 4.32. The standard InChI is InChI=1S/C21H25ClN4O/c1-15(27)25-10-8-19-17(14-25)12-23-21(24-19)20-7-2-3-9-26(20)13-16-5-4-6-18(22)11-16/h4-6,11-12,20H,2-3,7-10,13-14H2,1H3/t20-/m0/s1. The van der Waals surface area contributed by atoms with Gasteiger partial charge in [0.2, 0.25) is 5.91 Å². The molecule has 2 aromatic rings. The summed E-state index contributed by atoms with van der Waals surface area (Å²) >= 11 is 6.16. The van der Waals surface area contributed by atoms with Crippen LogP contribution in [0.4, 0.5) is 0 Å². The molecule has 1 saturated heterocycles. The number of halogens is 1. The Kier molecular flexibility index (Phi) is 5.41.